The first-order chi connectivity index (χ1) is 8.26. The number of aromatic nitrogens is 3. The van der Waals surface area contributed by atoms with Crippen molar-refractivity contribution < 1.29 is 9.18 Å². The van der Waals surface area contributed by atoms with Crippen LogP contribution in [0.25, 0.3) is 0 Å². The molecular formula is C10H18FN5O. The van der Waals surface area contributed by atoms with Crippen molar-refractivity contribution in [3.05, 3.63) is 11.9 Å². The zero-order valence-corrected chi connectivity index (χ0v) is 9.73. The summed E-state index contributed by atoms with van der Waals surface area (Å²) in [5.41, 5.74) is 5.84. The molecule has 1 amide bonds. The summed E-state index contributed by atoms with van der Waals surface area (Å²) in [5.74, 6) is -0.220. The molecule has 0 radical (unpaired) electrons. The molecule has 0 spiro atoms. The van der Waals surface area contributed by atoms with Crippen LogP contribution >= 0.6 is 0 Å². The Kier molecular flexibility index (Phi) is 6.16. The number of amides is 1. The van der Waals surface area contributed by atoms with Crippen LogP contribution in [0.15, 0.2) is 6.20 Å². The van der Waals surface area contributed by atoms with Gasteiger partial charge in [0.05, 0.1) is 26.0 Å². The Morgan fingerprint density at radius 1 is 1.47 bits per heavy atom. The lowest BCUT2D eigenvalue weighted by Gasteiger charge is -1.99. The van der Waals surface area contributed by atoms with Crippen LogP contribution in [0.4, 0.5) is 4.39 Å². The number of halogens is 1. The lowest BCUT2D eigenvalue weighted by molar-refractivity contribution is -0.119. The molecule has 0 bridgehead atoms. The smallest absolute Gasteiger partial charge is 0.234 e. The molecule has 0 atom stereocenters. The second-order valence-electron chi connectivity index (χ2n) is 3.70. The number of nitrogens with one attached hydrogen (secondary N) is 1. The van der Waals surface area contributed by atoms with Crippen molar-refractivity contribution in [1.29, 1.82) is 0 Å². The first-order valence-corrected chi connectivity index (χ1v) is 5.68. The maximum absolute atomic E-state index is 11.8. The van der Waals surface area contributed by atoms with E-state index < -0.39 is 0 Å². The van der Waals surface area contributed by atoms with Gasteiger partial charge in [0.2, 0.25) is 5.91 Å². The largest absolute Gasteiger partial charge is 0.349 e. The monoisotopic (exact) mass is 243 g/mol. The lowest BCUT2D eigenvalue weighted by atomic mass is 10.2. The van der Waals surface area contributed by atoms with Crippen LogP contribution < -0.4 is 11.1 Å². The van der Waals surface area contributed by atoms with Crippen molar-refractivity contribution in [3.8, 4) is 0 Å². The molecule has 0 aliphatic heterocycles. The van der Waals surface area contributed by atoms with Gasteiger partial charge < -0.3 is 11.1 Å². The molecule has 0 saturated heterocycles. The van der Waals surface area contributed by atoms with Gasteiger partial charge in [0, 0.05) is 6.54 Å². The molecule has 7 heteroatoms. The van der Waals surface area contributed by atoms with Gasteiger partial charge >= 0.3 is 0 Å². The second kappa shape index (κ2) is 7.72. The Labute approximate surface area is 99.4 Å². The summed E-state index contributed by atoms with van der Waals surface area (Å²) in [6.45, 7) is 0.753. The van der Waals surface area contributed by atoms with E-state index in [2.05, 4.69) is 15.6 Å². The van der Waals surface area contributed by atoms with Crippen LogP contribution in [0.3, 0.4) is 0 Å². The summed E-state index contributed by atoms with van der Waals surface area (Å²) in [5, 5.41) is 10.4. The molecular weight excluding hydrogens is 225 g/mol. The zero-order chi connectivity index (χ0) is 12.5. The number of hydrogen-bond donors (Lipinski definition) is 2. The number of carbonyl (C=O) groups is 1. The molecule has 0 aromatic carbocycles. The first kappa shape index (κ1) is 13.6. The van der Waals surface area contributed by atoms with Crippen LogP contribution in [0.5, 0.6) is 0 Å². The van der Waals surface area contributed by atoms with Gasteiger partial charge in [-0.25, -0.2) is 0 Å². The minimum atomic E-state index is -0.270. The maximum atomic E-state index is 11.8. The zero-order valence-electron chi connectivity index (χ0n) is 9.73. The van der Waals surface area contributed by atoms with Crippen molar-refractivity contribution in [2.24, 2.45) is 5.73 Å². The number of nitrogens with zero attached hydrogens (tertiary/aromatic N) is 3. The molecule has 0 aliphatic carbocycles. The van der Waals surface area contributed by atoms with Gasteiger partial charge in [-0.05, 0) is 19.3 Å². The van der Waals surface area contributed by atoms with E-state index in [1.807, 2.05) is 0 Å². The summed E-state index contributed by atoms with van der Waals surface area (Å²) in [6, 6.07) is 0. The van der Waals surface area contributed by atoms with Gasteiger partial charge in [0.25, 0.3) is 0 Å². The fraction of sp³-hybridized carbons (Fsp3) is 0.700. The number of aryl methyl sites for hydroxylation is 1. The third kappa shape index (κ3) is 5.39. The van der Waals surface area contributed by atoms with Gasteiger partial charge in [-0.1, -0.05) is 5.21 Å². The van der Waals surface area contributed by atoms with E-state index in [-0.39, 0.29) is 19.1 Å². The molecule has 17 heavy (non-hydrogen) atoms. The molecule has 0 fully saturated rings. The Morgan fingerprint density at radius 2 is 2.29 bits per heavy atom. The normalized spacial score (nSPS) is 10.5. The SMILES string of the molecule is NCC(=O)NCc1cn(CCCCCF)nn1. The van der Waals surface area contributed by atoms with Crippen molar-refractivity contribution in [2.45, 2.75) is 32.4 Å². The highest BCUT2D eigenvalue weighted by molar-refractivity contribution is 5.77. The van der Waals surface area contributed by atoms with Crippen LogP contribution in [-0.2, 0) is 17.9 Å². The summed E-state index contributed by atoms with van der Waals surface area (Å²) in [4.78, 5) is 10.9. The Morgan fingerprint density at radius 3 is 3.00 bits per heavy atom. The molecule has 1 rings (SSSR count). The van der Waals surface area contributed by atoms with E-state index in [9.17, 15) is 9.18 Å². The minimum Gasteiger partial charge on any atom is -0.349 e. The number of carbonyl (C=O) groups excluding carboxylic acids is 1. The first-order valence-electron chi connectivity index (χ1n) is 5.68. The molecule has 1 aromatic heterocycles. The Balaban J connectivity index is 2.25. The van der Waals surface area contributed by atoms with Crippen molar-refractivity contribution in [3.63, 3.8) is 0 Å². The number of alkyl halides is 1. The average molecular weight is 243 g/mol. The molecule has 0 unspecified atom stereocenters. The lowest BCUT2D eigenvalue weighted by Crippen LogP contribution is -2.29. The molecule has 96 valence electrons. The topological polar surface area (TPSA) is 85.8 Å². The Hall–Kier alpha value is -1.50. The average Bonchev–Trinajstić information content (AvgIpc) is 2.79. The highest BCUT2D eigenvalue weighted by Crippen LogP contribution is 2.00. The summed E-state index contributed by atoms with van der Waals surface area (Å²) in [6.07, 6.45) is 4.08. The quantitative estimate of drug-likeness (QED) is 0.629. The highest BCUT2D eigenvalue weighted by Gasteiger charge is 2.02. The summed E-state index contributed by atoms with van der Waals surface area (Å²) < 4.78 is 13.5. The van der Waals surface area contributed by atoms with E-state index in [1.165, 1.54) is 0 Å². The maximum Gasteiger partial charge on any atom is 0.234 e. The Bertz CT molecular complexity index is 341. The predicted octanol–water partition coefficient (Wildman–Crippen LogP) is -0.00720. The van der Waals surface area contributed by atoms with Crippen molar-refractivity contribution in [2.75, 3.05) is 13.2 Å². The van der Waals surface area contributed by atoms with Gasteiger partial charge in [-0.15, -0.1) is 5.10 Å². The van der Waals surface area contributed by atoms with Gasteiger partial charge in [-0.3, -0.25) is 13.9 Å². The number of unbranched alkanes of at least 4 members (excludes halogenated alkanes) is 2. The number of rotatable bonds is 8. The fourth-order valence-corrected chi connectivity index (χ4v) is 1.34. The fourth-order valence-electron chi connectivity index (χ4n) is 1.34. The standard InChI is InChI=1S/C10H18FN5O/c11-4-2-1-3-5-16-8-9(14-15-16)7-13-10(17)6-12/h8H,1-7,12H2,(H,13,17). The number of nitrogens with two attached hydrogens (primary N) is 1. The highest BCUT2D eigenvalue weighted by atomic mass is 19.1. The third-order valence-corrected chi connectivity index (χ3v) is 2.26. The minimum absolute atomic E-state index is 0.0304. The van der Waals surface area contributed by atoms with Crippen LogP contribution in [0.1, 0.15) is 25.0 Å². The predicted molar refractivity (Wildman–Crippen MR) is 60.7 cm³/mol. The van der Waals surface area contributed by atoms with Gasteiger partial charge in [0.15, 0.2) is 0 Å². The molecule has 1 heterocycles. The molecule has 0 aliphatic rings. The summed E-state index contributed by atoms with van der Waals surface area (Å²) in [7, 11) is 0. The van der Waals surface area contributed by atoms with Gasteiger partial charge in [0.1, 0.15) is 5.69 Å². The number of hydrogen-bond acceptors (Lipinski definition) is 4. The van der Waals surface area contributed by atoms with E-state index >= 15 is 0 Å². The van der Waals surface area contributed by atoms with Crippen LogP contribution in [0, 0.1) is 0 Å². The van der Waals surface area contributed by atoms with Crippen molar-refractivity contribution >= 4 is 5.91 Å². The molecule has 0 saturated carbocycles. The van der Waals surface area contributed by atoms with E-state index in [4.69, 9.17) is 5.73 Å². The van der Waals surface area contributed by atoms with Crippen LogP contribution in [-0.4, -0.2) is 34.1 Å². The molecule has 6 nitrogen and oxygen atoms in total. The van der Waals surface area contributed by atoms with Crippen molar-refractivity contribution in [1.82, 2.24) is 20.3 Å². The van der Waals surface area contributed by atoms with E-state index in [1.54, 1.807) is 10.9 Å². The van der Waals surface area contributed by atoms with Gasteiger partial charge in [-0.2, -0.15) is 0 Å². The molecule has 1 aromatic rings. The second-order valence-corrected chi connectivity index (χ2v) is 3.70. The van der Waals surface area contributed by atoms with Crippen LogP contribution in [0.2, 0.25) is 0 Å². The molecule has 3 N–H and O–H groups in total. The third-order valence-electron chi connectivity index (χ3n) is 2.26. The van der Waals surface area contributed by atoms with E-state index in [0.717, 1.165) is 19.4 Å². The van der Waals surface area contributed by atoms with E-state index in [0.29, 0.717) is 18.7 Å². The summed E-state index contributed by atoms with van der Waals surface area (Å²) >= 11 is 0.